The molecule has 3 aromatic rings. The number of carbonyl (C=O) groups is 2. The van der Waals surface area contributed by atoms with E-state index in [1.54, 1.807) is 17.2 Å². The average Bonchev–Trinajstić information content (AvgIpc) is 2.71. The van der Waals surface area contributed by atoms with Crippen LogP contribution in [0.25, 0.3) is 10.9 Å². The van der Waals surface area contributed by atoms with Gasteiger partial charge in [-0.1, -0.05) is 24.3 Å². The first kappa shape index (κ1) is 16.3. The summed E-state index contributed by atoms with van der Waals surface area (Å²) >= 11 is 0. The van der Waals surface area contributed by atoms with Gasteiger partial charge in [0.1, 0.15) is 0 Å². The number of carbonyl (C=O) groups excluding carboxylic acids is 2. The summed E-state index contributed by atoms with van der Waals surface area (Å²) in [4.78, 5) is 31.3. The van der Waals surface area contributed by atoms with Gasteiger partial charge in [0, 0.05) is 29.4 Å². The van der Waals surface area contributed by atoms with E-state index in [-0.39, 0.29) is 17.8 Å². The summed E-state index contributed by atoms with van der Waals surface area (Å²) in [5, 5.41) is 0.927. The smallest absolute Gasteiger partial charge is 0.313 e. The van der Waals surface area contributed by atoms with Gasteiger partial charge >= 0.3 is 5.97 Å². The van der Waals surface area contributed by atoms with E-state index in [0.29, 0.717) is 18.5 Å². The van der Waals surface area contributed by atoms with Crippen molar-refractivity contribution in [1.82, 2.24) is 4.98 Å². The van der Waals surface area contributed by atoms with Crippen LogP contribution in [0.2, 0.25) is 0 Å². The average molecular weight is 346 g/mol. The van der Waals surface area contributed by atoms with Crippen LogP contribution < -0.4 is 4.90 Å². The molecule has 26 heavy (non-hydrogen) atoms. The number of esters is 1. The molecule has 130 valence electrons. The predicted octanol–water partition coefficient (Wildman–Crippen LogP) is 3.54. The number of rotatable bonds is 2. The molecule has 4 rings (SSSR count). The van der Waals surface area contributed by atoms with Crippen LogP contribution in [-0.4, -0.2) is 30.5 Å². The summed E-state index contributed by atoms with van der Waals surface area (Å²) in [6, 6.07) is 16.8. The van der Waals surface area contributed by atoms with E-state index in [0.717, 1.165) is 22.2 Å². The molecular formula is C21H18N2O3. The first-order valence-corrected chi connectivity index (χ1v) is 8.52. The maximum absolute atomic E-state index is 13.1. The third-order valence-electron chi connectivity index (χ3n) is 4.83. The number of aromatic nitrogens is 1. The molecule has 1 aliphatic heterocycles. The highest BCUT2D eigenvalue weighted by Gasteiger charge is 2.33. The summed E-state index contributed by atoms with van der Waals surface area (Å²) in [6.07, 6.45) is 2.28. The Morgan fingerprint density at radius 2 is 1.96 bits per heavy atom. The lowest BCUT2D eigenvalue weighted by atomic mass is 9.89. The topological polar surface area (TPSA) is 59.5 Å². The van der Waals surface area contributed by atoms with Gasteiger partial charge in [-0.15, -0.1) is 0 Å². The second-order valence-electron chi connectivity index (χ2n) is 6.29. The van der Waals surface area contributed by atoms with Gasteiger partial charge in [-0.3, -0.25) is 14.6 Å². The van der Waals surface area contributed by atoms with Crippen LogP contribution in [0.5, 0.6) is 0 Å². The zero-order chi connectivity index (χ0) is 18.1. The molecule has 1 atom stereocenters. The molecule has 0 aliphatic carbocycles. The molecular weight excluding hydrogens is 328 g/mol. The van der Waals surface area contributed by atoms with Crippen molar-refractivity contribution in [2.75, 3.05) is 18.6 Å². The van der Waals surface area contributed by atoms with Crippen molar-refractivity contribution in [3.63, 3.8) is 0 Å². The Balaban J connectivity index is 1.72. The zero-order valence-corrected chi connectivity index (χ0v) is 14.4. The fourth-order valence-corrected chi connectivity index (χ4v) is 3.52. The Labute approximate surface area is 151 Å². The molecule has 0 spiro atoms. The van der Waals surface area contributed by atoms with Gasteiger partial charge in [0.15, 0.2) is 0 Å². The highest BCUT2D eigenvalue weighted by molar-refractivity contribution is 6.09. The molecule has 1 amide bonds. The summed E-state index contributed by atoms with van der Waals surface area (Å²) in [7, 11) is 1.39. The first-order chi connectivity index (χ1) is 12.7. The summed E-state index contributed by atoms with van der Waals surface area (Å²) < 4.78 is 4.93. The molecule has 5 heteroatoms. The van der Waals surface area contributed by atoms with E-state index < -0.39 is 0 Å². The molecule has 1 aromatic heterocycles. The normalized spacial score (nSPS) is 16.2. The SMILES string of the molecule is COC(=O)[C@@H]1CCN(C(=O)c2ccc3ncccc3c2)c2ccccc21. The third-order valence-corrected chi connectivity index (χ3v) is 4.83. The van der Waals surface area contributed by atoms with Crippen LogP contribution in [-0.2, 0) is 9.53 Å². The Kier molecular flexibility index (Phi) is 4.13. The highest BCUT2D eigenvalue weighted by Crippen LogP contribution is 2.36. The summed E-state index contributed by atoms with van der Waals surface area (Å²) in [5.74, 6) is -0.672. The van der Waals surface area contributed by atoms with E-state index in [1.165, 1.54) is 7.11 Å². The predicted molar refractivity (Wildman–Crippen MR) is 99.2 cm³/mol. The van der Waals surface area contributed by atoms with E-state index in [1.807, 2.05) is 48.5 Å². The maximum Gasteiger partial charge on any atom is 0.313 e. The Bertz CT molecular complexity index is 999. The second-order valence-corrected chi connectivity index (χ2v) is 6.29. The Hall–Kier alpha value is -3.21. The van der Waals surface area contributed by atoms with E-state index in [2.05, 4.69) is 4.98 Å². The number of hydrogen-bond acceptors (Lipinski definition) is 4. The molecule has 5 nitrogen and oxygen atoms in total. The zero-order valence-electron chi connectivity index (χ0n) is 14.4. The fraction of sp³-hybridized carbons (Fsp3) is 0.190. The molecule has 0 saturated carbocycles. The molecule has 0 N–H and O–H groups in total. The lowest BCUT2D eigenvalue weighted by Crippen LogP contribution is -2.38. The number of benzene rings is 2. The number of methoxy groups -OCH3 is 1. The number of amides is 1. The lowest BCUT2D eigenvalue weighted by molar-refractivity contribution is -0.142. The number of ether oxygens (including phenoxy) is 1. The monoisotopic (exact) mass is 346 g/mol. The van der Waals surface area contributed by atoms with E-state index >= 15 is 0 Å². The van der Waals surface area contributed by atoms with Crippen molar-refractivity contribution < 1.29 is 14.3 Å². The van der Waals surface area contributed by atoms with Crippen LogP contribution >= 0.6 is 0 Å². The second kappa shape index (κ2) is 6.59. The quantitative estimate of drug-likeness (QED) is 0.666. The van der Waals surface area contributed by atoms with Crippen LogP contribution in [0.4, 0.5) is 5.69 Å². The minimum atomic E-state index is -0.332. The lowest BCUT2D eigenvalue weighted by Gasteiger charge is -2.33. The van der Waals surface area contributed by atoms with E-state index in [9.17, 15) is 9.59 Å². The number of para-hydroxylation sites is 1. The molecule has 0 unspecified atom stereocenters. The van der Waals surface area contributed by atoms with Gasteiger partial charge in [0.05, 0.1) is 18.5 Å². The van der Waals surface area contributed by atoms with Gasteiger partial charge in [-0.05, 0) is 42.3 Å². The van der Waals surface area contributed by atoms with Crippen molar-refractivity contribution in [1.29, 1.82) is 0 Å². The number of anilines is 1. The largest absolute Gasteiger partial charge is 0.469 e. The molecule has 1 aliphatic rings. The minimum Gasteiger partial charge on any atom is -0.469 e. The van der Waals surface area contributed by atoms with Gasteiger partial charge in [0.2, 0.25) is 0 Å². The Morgan fingerprint density at radius 1 is 1.12 bits per heavy atom. The van der Waals surface area contributed by atoms with Crippen LogP contribution in [0.15, 0.2) is 60.8 Å². The van der Waals surface area contributed by atoms with Crippen molar-refractivity contribution in [2.45, 2.75) is 12.3 Å². The molecule has 0 fully saturated rings. The third kappa shape index (κ3) is 2.71. The maximum atomic E-state index is 13.1. The summed E-state index contributed by atoms with van der Waals surface area (Å²) in [6.45, 7) is 0.473. The van der Waals surface area contributed by atoms with Crippen LogP contribution in [0, 0.1) is 0 Å². The molecule has 2 aromatic carbocycles. The van der Waals surface area contributed by atoms with E-state index in [4.69, 9.17) is 4.74 Å². The minimum absolute atomic E-state index is 0.0773. The van der Waals surface area contributed by atoms with Crippen molar-refractivity contribution in [2.24, 2.45) is 0 Å². The van der Waals surface area contributed by atoms with Crippen molar-refractivity contribution in [3.05, 3.63) is 71.9 Å². The summed E-state index contributed by atoms with van der Waals surface area (Å²) in [5.41, 5.74) is 3.07. The molecule has 2 heterocycles. The number of pyridine rings is 1. The van der Waals surface area contributed by atoms with Gasteiger partial charge in [-0.25, -0.2) is 0 Å². The first-order valence-electron chi connectivity index (χ1n) is 8.52. The van der Waals surface area contributed by atoms with Crippen molar-refractivity contribution >= 4 is 28.5 Å². The number of hydrogen-bond donors (Lipinski definition) is 0. The standard InChI is InChI=1S/C21H18N2O3/c1-26-21(25)17-10-12-23(19-7-3-2-6-16(17)19)20(24)15-8-9-18-14(13-15)5-4-11-22-18/h2-9,11,13,17H,10,12H2,1H3/t17-/m1/s1. The Morgan fingerprint density at radius 3 is 2.81 bits per heavy atom. The number of nitrogens with zero attached hydrogens (tertiary/aromatic N) is 2. The highest BCUT2D eigenvalue weighted by atomic mass is 16.5. The van der Waals surface area contributed by atoms with Crippen LogP contribution in [0.3, 0.4) is 0 Å². The molecule has 0 bridgehead atoms. The van der Waals surface area contributed by atoms with Gasteiger partial charge in [-0.2, -0.15) is 0 Å². The fourth-order valence-electron chi connectivity index (χ4n) is 3.52. The van der Waals surface area contributed by atoms with Crippen LogP contribution in [0.1, 0.15) is 28.3 Å². The van der Waals surface area contributed by atoms with Crippen molar-refractivity contribution in [3.8, 4) is 0 Å². The number of fused-ring (bicyclic) bond motifs is 2. The molecule has 0 radical (unpaired) electrons. The van der Waals surface area contributed by atoms with Gasteiger partial charge < -0.3 is 9.64 Å². The van der Waals surface area contributed by atoms with Gasteiger partial charge in [0.25, 0.3) is 5.91 Å². The molecule has 0 saturated heterocycles.